The van der Waals surface area contributed by atoms with Crippen molar-refractivity contribution < 1.29 is 14.6 Å². The Morgan fingerprint density at radius 2 is 2.36 bits per heavy atom. The number of ether oxygens (including phenoxy) is 1. The molecule has 1 aliphatic heterocycles. The molecule has 0 saturated carbocycles. The number of hydrogen-bond acceptors (Lipinski definition) is 4. The van der Waals surface area contributed by atoms with E-state index >= 15 is 0 Å². The Labute approximate surface area is 89.6 Å². The lowest BCUT2D eigenvalue weighted by molar-refractivity contribution is 0.0883. The van der Waals surface area contributed by atoms with Crippen LogP contribution in [-0.2, 0) is 4.74 Å². The van der Waals surface area contributed by atoms with E-state index in [9.17, 15) is 4.79 Å². The first kappa shape index (κ1) is 13.5. The predicted molar refractivity (Wildman–Crippen MR) is 54.4 cm³/mol. The molecule has 0 aliphatic carbocycles. The van der Waals surface area contributed by atoms with Crippen molar-refractivity contribution in [3.8, 4) is 0 Å². The van der Waals surface area contributed by atoms with E-state index in [-0.39, 0.29) is 37.2 Å². The van der Waals surface area contributed by atoms with Gasteiger partial charge in [-0.2, -0.15) is 0 Å². The molecule has 0 aromatic carbocycles. The Bertz CT molecular complexity index is 191. The van der Waals surface area contributed by atoms with Gasteiger partial charge in [-0.3, -0.25) is 0 Å². The first-order valence-electron chi connectivity index (χ1n) is 4.48. The van der Waals surface area contributed by atoms with E-state index in [0.717, 1.165) is 0 Å². The lowest BCUT2D eigenvalue weighted by atomic mass is 10.2. The number of likely N-dealkylation sites (tertiary alicyclic amines) is 1. The van der Waals surface area contributed by atoms with E-state index in [1.165, 1.54) is 4.90 Å². The lowest BCUT2D eigenvalue weighted by Crippen LogP contribution is -2.38. The number of nitrogens with two attached hydrogens (primary N) is 1. The smallest absolute Gasteiger partial charge is 0.410 e. The number of amides is 1. The molecule has 1 fully saturated rings. The van der Waals surface area contributed by atoms with Crippen LogP contribution in [0, 0.1) is 0 Å². The van der Waals surface area contributed by atoms with Gasteiger partial charge < -0.3 is 20.5 Å². The Morgan fingerprint density at radius 3 is 2.86 bits per heavy atom. The summed E-state index contributed by atoms with van der Waals surface area (Å²) in [6.07, 6.45) is 0.268. The first-order chi connectivity index (χ1) is 6.19. The second-order valence-electron chi connectivity index (χ2n) is 3.18. The maximum absolute atomic E-state index is 11.3. The molecule has 6 heteroatoms. The van der Waals surface area contributed by atoms with Crippen LogP contribution in [0.2, 0.25) is 0 Å². The lowest BCUT2D eigenvalue weighted by Gasteiger charge is -2.21. The third kappa shape index (κ3) is 3.01. The predicted octanol–water partition coefficient (Wildman–Crippen LogP) is -0.0414. The molecule has 1 rings (SSSR count). The highest BCUT2D eigenvalue weighted by Gasteiger charge is 2.33. The molecule has 0 aromatic rings. The number of rotatable bonds is 2. The summed E-state index contributed by atoms with van der Waals surface area (Å²) in [5.74, 6) is 0. The van der Waals surface area contributed by atoms with Gasteiger partial charge in [-0.1, -0.05) is 0 Å². The molecule has 0 spiro atoms. The molecule has 84 valence electrons. The van der Waals surface area contributed by atoms with Crippen LogP contribution in [0.1, 0.15) is 13.3 Å². The zero-order valence-electron chi connectivity index (χ0n) is 8.18. The molecule has 0 radical (unpaired) electrons. The second kappa shape index (κ2) is 6.06. The number of aliphatic hydroxyl groups is 1. The van der Waals surface area contributed by atoms with Gasteiger partial charge in [0.15, 0.2) is 0 Å². The molecule has 1 amide bonds. The number of carbonyl (C=O) groups excluding carboxylic acids is 1. The summed E-state index contributed by atoms with van der Waals surface area (Å²) in [7, 11) is 0. The largest absolute Gasteiger partial charge is 0.450 e. The highest BCUT2D eigenvalue weighted by Crippen LogP contribution is 2.16. The molecule has 2 atom stereocenters. The molecular formula is C8H17ClN2O3. The average Bonchev–Trinajstić information content (AvgIpc) is 2.47. The second-order valence-corrected chi connectivity index (χ2v) is 3.18. The van der Waals surface area contributed by atoms with Crippen LogP contribution < -0.4 is 5.73 Å². The SMILES string of the molecule is CCOC(=O)N1C[C@H](N)C[C@@H]1CO.Cl. The zero-order valence-corrected chi connectivity index (χ0v) is 9.00. The molecule has 0 aromatic heterocycles. The maximum atomic E-state index is 11.3. The zero-order chi connectivity index (χ0) is 9.84. The van der Waals surface area contributed by atoms with Crippen LogP contribution >= 0.6 is 12.4 Å². The van der Waals surface area contributed by atoms with Crippen LogP contribution in [0.5, 0.6) is 0 Å². The number of carbonyl (C=O) groups is 1. The van der Waals surface area contributed by atoms with Crippen molar-refractivity contribution in [2.24, 2.45) is 5.73 Å². The molecule has 1 saturated heterocycles. The molecule has 3 N–H and O–H groups in total. The number of nitrogens with zero attached hydrogens (tertiary/aromatic N) is 1. The third-order valence-electron chi connectivity index (χ3n) is 2.16. The van der Waals surface area contributed by atoms with Gasteiger partial charge in [-0.05, 0) is 13.3 Å². The Hall–Kier alpha value is -0.520. The number of halogens is 1. The Morgan fingerprint density at radius 1 is 1.71 bits per heavy atom. The van der Waals surface area contributed by atoms with Gasteiger partial charge in [0.2, 0.25) is 0 Å². The van der Waals surface area contributed by atoms with Crippen molar-refractivity contribution in [3.05, 3.63) is 0 Å². The summed E-state index contributed by atoms with van der Waals surface area (Å²) in [6.45, 7) is 2.53. The van der Waals surface area contributed by atoms with Gasteiger partial charge in [-0.15, -0.1) is 12.4 Å². The summed E-state index contributed by atoms with van der Waals surface area (Å²) in [4.78, 5) is 12.8. The quantitative estimate of drug-likeness (QED) is 0.690. The van der Waals surface area contributed by atoms with Crippen molar-refractivity contribution in [2.75, 3.05) is 19.8 Å². The van der Waals surface area contributed by atoms with Gasteiger partial charge in [0, 0.05) is 12.6 Å². The van der Waals surface area contributed by atoms with Crippen molar-refractivity contribution in [1.29, 1.82) is 0 Å². The minimum absolute atomic E-state index is 0. The molecule has 14 heavy (non-hydrogen) atoms. The van der Waals surface area contributed by atoms with Crippen molar-refractivity contribution >= 4 is 18.5 Å². The fourth-order valence-electron chi connectivity index (χ4n) is 1.56. The standard InChI is InChI=1S/C8H16N2O3.ClH/c1-2-13-8(12)10-4-6(9)3-7(10)5-11;/h6-7,11H,2-5,9H2,1H3;1H/t6-,7-;/m1./s1. The van der Waals surface area contributed by atoms with E-state index < -0.39 is 0 Å². The maximum Gasteiger partial charge on any atom is 0.410 e. The number of aliphatic hydroxyl groups excluding tert-OH is 1. The van der Waals surface area contributed by atoms with Crippen molar-refractivity contribution in [1.82, 2.24) is 4.90 Å². The fraction of sp³-hybridized carbons (Fsp3) is 0.875. The summed E-state index contributed by atoms with van der Waals surface area (Å²) in [5.41, 5.74) is 5.66. The van der Waals surface area contributed by atoms with Crippen LogP contribution in [0.4, 0.5) is 4.79 Å². The average molecular weight is 225 g/mol. The van der Waals surface area contributed by atoms with Crippen LogP contribution in [-0.4, -0.2) is 47.9 Å². The van der Waals surface area contributed by atoms with E-state index in [0.29, 0.717) is 19.6 Å². The van der Waals surface area contributed by atoms with E-state index in [4.69, 9.17) is 15.6 Å². The fourth-order valence-corrected chi connectivity index (χ4v) is 1.56. The van der Waals surface area contributed by atoms with Gasteiger partial charge in [0.1, 0.15) is 0 Å². The Balaban J connectivity index is 0.00000169. The highest BCUT2D eigenvalue weighted by molar-refractivity contribution is 5.85. The summed E-state index contributed by atoms with van der Waals surface area (Å²) in [5, 5.41) is 8.97. The molecule has 1 aliphatic rings. The number of hydrogen-bond donors (Lipinski definition) is 2. The summed E-state index contributed by atoms with van der Waals surface area (Å²) in [6, 6.07) is -0.212. The molecular weight excluding hydrogens is 208 g/mol. The van der Waals surface area contributed by atoms with Gasteiger partial charge in [0.05, 0.1) is 19.3 Å². The van der Waals surface area contributed by atoms with Crippen LogP contribution in [0.3, 0.4) is 0 Å². The molecule has 0 unspecified atom stereocenters. The monoisotopic (exact) mass is 224 g/mol. The minimum Gasteiger partial charge on any atom is -0.450 e. The van der Waals surface area contributed by atoms with E-state index in [1.54, 1.807) is 6.92 Å². The van der Waals surface area contributed by atoms with Crippen LogP contribution in [0.15, 0.2) is 0 Å². The summed E-state index contributed by atoms with van der Waals surface area (Å²) < 4.78 is 4.83. The van der Waals surface area contributed by atoms with Crippen molar-refractivity contribution in [2.45, 2.75) is 25.4 Å². The minimum atomic E-state index is -0.380. The first-order valence-corrected chi connectivity index (χ1v) is 4.48. The topological polar surface area (TPSA) is 75.8 Å². The Kier molecular flexibility index (Phi) is 5.83. The summed E-state index contributed by atoms with van der Waals surface area (Å²) >= 11 is 0. The van der Waals surface area contributed by atoms with Crippen molar-refractivity contribution in [3.63, 3.8) is 0 Å². The van der Waals surface area contributed by atoms with Crippen LogP contribution in [0.25, 0.3) is 0 Å². The highest BCUT2D eigenvalue weighted by atomic mass is 35.5. The van der Waals surface area contributed by atoms with Gasteiger partial charge in [0.25, 0.3) is 0 Å². The molecule has 1 heterocycles. The van der Waals surface area contributed by atoms with E-state index in [2.05, 4.69) is 0 Å². The molecule has 5 nitrogen and oxygen atoms in total. The third-order valence-corrected chi connectivity index (χ3v) is 2.16. The van der Waals surface area contributed by atoms with Gasteiger partial charge >= 0.3 is 6.09 Å². The van der Waals surface area contributed by atoms with E-state index in [1.807, 2.05) is 0 Å². The molecule has 0 bridgehead atoms. The van der Waals surface area contributed by atoms with Gasteiger partial charge in [-0.25, -0.2) is 4.79 Å². The normalized spacial score (nSPS) is 25.8.